The number of carbonyl (C=O) groups is 1. The van der Waals surface area contributed by atoms with Gasteiger partial charge in [0.2, 0.25) is 5.91 Å². The molecule has 4 rings (SSSR count). The van der Waals surface area contributed by atoms with Gasteiger partial charge >= 0.3 is 0 Å². The van der Waals surface area contributed by atoms with Crippen molar-refractivity contribution in [2.45, 2.75) is 12.3 Å². The standard InChI is InChI=1S/C19H16ClN3O/c20-16-3-1-2-14(10-16)18-8-9-23(19(18)24)17-6-4-13(5-7-17)15-11-21-22-12-15/h1-7,10-12,18H,8-9H2,(H,21,22). The Morgan fingerprint density at radius 1 is 1.12 bits per heavy atom. The predicted molar refractivity (Wildman–Crippen MR) is 95.2 cm³/mol. The second-order valence-electron chi connectivity index (χ2n) is 5.92. The summed E-state index contributed by atoms with van der Waals surface area (Å²) >= 11 is 6.06. The van der Waals surface area contributed by atoms with Crippen molar-refractivity contribution in [3.8, 4) is 11.1 Å². The number of nitrogens with zero attached hydrogens (tertiary/aromatic N) is 2. The topological polar surface area (TPSA) is 49.0 Å². The number of carbonyl (C=O) groups excluding carboxylic acids is 1. The molecule has 2 aromatic carbocycles. The van der Waals surface area contributed by atoms with Gasteiger partial charge in [0.1, 0.15) is 0 Å². The smallest absolute Gasteiger partial charge is 0.234 e. The van der Waals surface area contributed by atoms with E-state index in [9.17, 15) is 4.79 Å². The lowest BCUT2D eigenvalue weighted by atomic mass is 9.98. The van der Waals surface area contributed by atoms with Crippen LogP contribution in [0.3, 0.4) is 0 Å². The molecule has 3 aromatic rings. The highest BCUT2D eigenvalue weighted by Crippen LogP contribution is 2.33. The zero-order chi connectivity index (χ0) is 16.5. The number of halogens is 1. The Bertz CT molecular complexity index is 859. The largest absolute Gasteiger partial charge is 0.312 e. The molecule has 1 aliphatic heterocycles. The lowest BCUT2D eigenvalue weighted by Crippen LogP contribution is -2.26. The highest BCUT2D eigenvalue weighted by atomic mass is 35.5. The van der Waals surface area contributed by atoms with E-state index in [4.69, 9.17) is 11.6 Å². The highest BCUT2D eigenvalue weighted by molar-refractivity contribution is 6.30. The number of H-pyrrole nitrogens is 1. The summed E-state index contributed by atoms with van der Waals surface area (Å²) < 4.78 is 0. The third-order valence-corrected chi connectivity index (χ3v) is 4.70. The number of amides is 1. The Balaban J connectivity index is 1.56. The van der Waals surface area contributed by atoms with Gasteiger partial charge in [0, 0.05) is 29.0 Å². The number of hydrogen-bond donors (Lipinski definition) is 1. The van der Waals surface area contributed by atoms with E-state index in [1.54, 1.807) is 6.20 Å². The minimum atomic E-state index is -0.114. The van der Waals surface area contributed by atoms with Gasteiger partial charge in [-0.2, -0.15) is 5.10 Å². The fourth-order valence-electron chi connectivity index (χ4n) is 3.21. The average molecular weight is 338 g/mol. The molecule has 120 valence electrons. The first-order valence-corrected chi connectivity index (χ1v) is 8.26. The van der Waals surface area contributed by atoms with E-state index in [1.807, 2.05) is 59.6 Å². The maximum absolute atomic E-state index is 12.8. The molecule has 0 bridgehead atoms. The molecular weight excluding hydrogens is 322 g/mol. The Hall–Kier alpha value is -2.59. The first-order chi connectivity index (χ1) is 11.7. The number of hydrogen-bond acceptors (Lipinski definition) is 2. The molecular formula is C19H16ClN3O. The van der Waals surface area contributed by atoms with Crippen LogP contribution in [0.1, 0.15) is 17.9 Å². The molecule has 2 heterocycles. The fraction of sp³-hybridized carbons (Fsp3) is 0.158. The molecule has 5 heteroatoms. The van der Waals surface area contributed by atoms with Crippen molar-refractivity contribution >= 4 is 23.2 Å². The number of aromatic nitrogens is 2. The van der Waals surface area contributed by atoms with Crippen LogP contribution in [0.25, 0.3) is 11.1 Å². The van der Waals surface area contributed by atoms with Crippen LogP contribution in [0, 0.1) is 0 Å². The van der Waals surface area contributed by atoms with Crippen molar-refractivity contribution in [3.05, 3.63) is 71.5 Å². The second-order valence-corrected chi connectivity index (χ2v) is 6.36. The van der Waals surface area contributed by atoms with Crippen molar-refractivity contribution in [2.75, 3.05) is 11.4 Å². The third kappa shape index (κ3) is 2.69. The van der Waals surface area contributed by atoms with Crippen LogP contribution in [0.5, 0.6) is 0 Å². The molecule has 1 saturated heterocycles. The summed E-state index contributed by atoms with van der Waals surface area (Å²) in [5, 5.41) is 7.44. The van der Waals surface area contributed by atoms with Crippen LogP contribution in [0.15, 0.2) is 60.9 Å². The zero-order valence-electron chi connectivity index (χ0n) is 12.9. The Morgan fingerprint density at radius 3 is 2.67 bits per heavy atom. The van der Waals surface area contributed by atoms with Crippen LogP contribution in [0.4, 0.5) is 5.69 Å². The van der Waals surface area contributed by atoms with E-state index in [0.717, 1.165) is 35.3 Å². The monoisotopic (exact) mass is 337 g/mol. The van der Waals surface area contributed by atoms with E-state index >= 15 is 0 Å². The Labute approximate surface area is 145 Å². The number of nitrogens with one attached hydrogen (secondary N) is 1. The molecule has 1 aliphatic rings. The maximum atomic E-state index is 12.8. The molecule has 0 spiro atoms. The second kappa shape index (κ2) is 6.13. The Morgan fingerprint density at radius 2 is 1.96 bits per heavy atom. The first kappa shape index (κ1) is 15.0. The van der Waals surface area contributed by atoms with E-state index in [0.29, 0.717) is 5.02 Å². The molecule has 0 radical (unpaired) electrons. The quantitative estimate of drug-likeness (QED) is 0.776. The van der Waals surface area contributed by atoms with Crippen molar-refractivity contribution < 1.29 is 4.79 Å². The van der Waals surface area contributed by atoms with Crippen LogP contribution >= 0.6 is 11.6 Å². The lowest BCUT2D eigenvalue weighted by Gasteiger charge is -2.17. The number of anilines is 1. The molecule has 1 atom stereocenters. The van der Waals surface area contributed by atoms with Gasteiger partial charge < -0.3 is 4.90 Å². The van der Waals surface area contributed by atoms with Gasteiger partial charge in [-0.15, -0.1) is 0 Å². The van der Waals surface area contributed by atoms with E-state index < -0.39 is 0 Å². The van der Waals surface area contributed by atoms with E-state index in [2.05, 4.69) is 10.2 Å². The number of rotatable bonds is 3. The van der Waals surface area contributed by atoms with Gasteiger partial charge in [0.25, 0.3) is 0 Å². The van der Waals surface area contributed by atoms with Crippen molar-refractivity contribution in [1.29, 1.82) is 0 Å². The molecule has 1 unspecified atom stereocenters. The summed E-state index contributed by atoms with van der Waals surface area (Å²) in [7, 11) is 0. The van der Waals surface area contributed by atoms with Gasteiger partial charge in [-0.1, -0.05) is 35.9 Å². The molecule has 1 aromatic heterocycles. The number of benzene rings is 2. The molecule has 0 aliphatic carbocycles. The van der Waals surface area contributed by atoms with Gasteiger partial charge in [-0.25, -0.2) is 0 Å². The van der Waals surface area contributed by atoms with Crippen LogP contribution in [-0.4, -0.2) is 22.6 Å². The van der Waals surface area contributed by atoms with Crippen molar-refractivity contribution in [3.63, 3.8) is 0 Å². The zero-order valence-corrected chi connectivity index (χ0v) is 13.7. The normalized spacial score (nSPS) is 17.5. The minimum Gasteiger partial charge on any atom is -0.312 e. The fourth-order valence-corrected chi connectivity index (χ4v) is 3.41. The number of aromatic amines is 1. The average Bonchev–Trinajstić information content (AvgIpc) is 3.25. The van der Waals surface area contributed by atoms with Gasteiger partial charge in [-0.3, -0.25) is 9.89 Å². The third-order valence-electron chi connectivity index (χ3n) is 4.47. The summed E-state index contributed by atoms with van der Waals surface area (Å²) in [4.78, 5) is 14.7. The van der Waals surface area contributed by atoms with Crippen molar-refractivity contribution in [1.82, 2.24) is 10.2 Å². The Kier molecular flexibility index (Phi) is 3.82. The van der Waals surface area contributed by atoms with E-state index in [-0.39, 0.29) is 11.8 Å². The highest BCUT2D eigenvalue weighted by Gasteiger charge is 2.33. The first-order valence-electron chi connectivity index (χ1n) is 7.88. The van der Waals surface area contributed by atoms with Gasteiger partial charge in [0.15, 0.2) is 0 Å². The van der Waals surface area contributed by atoms with Gasteiger partial charge in [0.05, 0.1) is 12.1 Å². The SMILES string of the molecule is O=C1C(c2cccc(Cl)c2)CCN1c1ccc(-c2cn[nH]c2)cc1. The van der Waals surface area contributed by atoms with Gasteiger partial charge in [-0.05, 0) is 41.8 Å². The molecule has 1 amide bonds. The van der Waals surface area contributed by atoms with E-state index in [1.165, 1.54) is 0 Å². The predicted octanol–water partition coefficient (Wildman–Crippen LogP) is 4.25. The summed E-state index contributed by atoms with van der Waals surface area (Å²) in [5.41, 5.74) is 4.03. The van der Waals surface area contributed by atoms with Crippen molar-refractivity contribution in [2.24, 2.45) is 0 Å². The minimum absolute atomic E-state index is 0.114. The summed E-state index contributed by atoms with van der Waals surface area (Å²) in [6, 6.07) is 15.6. The lowest BCUT2D eigenvalue weighted by molar-refractivity contribution is -0.118. The molecule has 1 fully saturated rings. The molecule has 0 saturated carbocycles. The summed E-state index contributed by atoms with van der Waals surface area (Å²) in [6.45, 7) is 0.723. The molecule has 24 heavy (non-hydrogen) atoms. The summed E-state index contributed by atoms with van der Waals surface area (Å²) in [6.07, 6.45) is 4.44. The maximum Gasteiger partial charge on any atom is 0.234 e. The van der Waals surface area contributed by atoms with Crippen LogP contribution in [0.2, 0.25) is 5.02 Å². The molecule has 1 N–H and O–H groups in total. The summed E-state index contributed by atoms with van der Waals surface area (Å²) in [5.74, 6) is 0.0191. The molecule has 4 nitrogen and oxygen atoms in total. The van der Waals surface area contributed by atoms with Crippen LogP contribution in [-0.2, 0) is 4.79 Å². The van der Waals surface area contributed by atoms with Crippen LogP contribution < -0.4 is 4.90 Å².